The molecule has 236 valence electrons. The number of carbonyl (C=O) groups excluding carboxylic acids is 2. The van der Waals surface area contributed by atoms with E-state index in [4.69, 9.17) is 23.2 Å². The minimum atomic E-state index is -4.21. The molecular weight excluding hydrogens is 697 g/mol. The zero-order valence-corrected chi connectivity index (χ0v) is 28.8. The van der Waals surface area contributed by atoms with Crippen LogP contribution in [0.3, 0.4) is 0 Å². The number of hydrogen-bond acceptors (Lipinski definition) is 4. The Hall–Kier alpha value is -3.37. The van der Waals surface area contributed by atoms with Gasteiger partial charge in [-0.1, -0.05) is 106 Å². The maximum Gasteiger partial charge on any atom is 0.264 e. The molecular formula is C34H34BrCl2N3O4S. The molecule has 4 rings (SSSR count). The van der Waals surface area contributed by atoms with Crippen LogP contribution in [0, 0.1) is 6.92 Å². The molecule has 0 spiro atoms. The highest BCUT2D eigenvalue weighted by molar-refractivity contribution is 9.10. The van der Waals surface area contributed by atoms with Gasteiger partial charge >= 0.3 is 0 Å². The second-order valence-electron chi connectivity index (χ2n) is 10.5. The van der Waals surface area contributed by atoms with Gasteiger partial charge in [-0.05, 0) is 61.4 Å². The zero-order valence-electron chi connectivity index (χ0n) is 24.9. The molecule has 1 N–H and O–H groups in total. The van der Waals surface area contributed by atoms with Gasteiger partial charge in [0.05, 0.1) is 10.6 Å². The Morgan fingerprint density at radius 3 is 2.16 bits per heavy atom. The first-order valence-corrected chi connectivity index (χ1v) is 17.4. The summed E-state index contributed by atoms with van der Waals surface area (Å²) in [6.45, 7) is 3.50. The molecule has 0 fully saturated rings. The number of hydrogen-bond donors (Lipinski definition) is 1. The quantitative estimate of drug-likeness (QED) is 0.155. The van der Waals surface area contributed by atoms with E-state index in [9.17, 15) is 18.0 Å². The van der Waals surface area contributed by atoms with Crippen LogP contribution in [-0.2, 0) is 32.6 Å². The van der Waals surface area contributed by atoms with E-state index in [1.165, 1.54) is 17.0 Å². The summed E-state index contributed by atoms with van der Waals surface area (Å²) in [5.41, 5.74) is 2.45. The molecule has 4 aromatic carbocycles. The van der Waals surface area contributed by atoms with Gasteiger partial charge in [0.2, 0.25) is 11.8 Å². The summed E-state index contributed by atoms with van der Waals surface area (Å²) in [7, 11) is -4.21. The van der Waals surface area contributed by atoms with Crippen molar-refractivity contribution in [2.24, 2.45) is 0 Å². The fraction of sp³-hybridized carbons (Fsp3) is 0.235. The Kier molecular flexibility index (Phi) is 12.1. The van der Waals surface area contributed by atoms with Gasteiger partial charge in [0.25, 0.3) is 10.0 Å². The number of nitrogens with one attached hydrogen (secondary N) is 1. The van der Waals surface area contributed by atoms with Crippen LogP contribution in [0.25, 0.3) is 0 Å². The molecule has 1 unspecified atom stereocenters. The predicted octanol–water partition coefficient (Wildman–Crippen LogP) is 7.43. The van der Waals surface area contributed by atoms with Crippen molar-refractivity contribution in [1.82, 2.24) is 10.2 Å². The van der Waals surface area contributed by atoms with Gasteiger partial charge in [0.15, 0.2) is 0 Å². The number of halogens is 3. The van der Waals surface area contributed by atoms with Gasteiger partial charge in [-0.3, -0.25) is 13.9 Å². The van der Waals surface area contributed by atoms with Gasteiger partial charge in [-0.25, -0.2) is 8.42 Å². The average molecular weight is 732 g/mol. The van der Waals surface area contributed by atoms with Crippen LogP contribution >= 0.6 is 39.1 Å². The van der Waals surface area contributed by atoms with Crippen LogP contribution < -0.4 is 9.62 Å². The van der Waals surface area contributed by atoms with E-state index in [1.807, 2.05) is 44.2 Å². The molecule has 2 amide bonds. The Labute approximate surface area is 283 Å². The molecule has 0 aliphatic carbocycles. The fourth-order valence-electron chi connectivity index (χ4n) is 4.77. The summed E-state index contributed by atoms with van der Waals surface area (Å²) in [5.74, 6) is -0.971. The van der Waals surface area contributed by atoms with Crippen LogP contribution in [-0.4, -0.2) is 44.3 Å². The Bertz CT molecular complexity index is 1720. The third-order valence-electron chi connectivity index (χ3n) is 7.19. The number of amides is 2. The van der Waals surface area contributed by atoms with E-state index in [-0.39, 0.29) is 29.5 Å². The predicted molar refractivity (Wildman–Crippen MR) is 184 cm³/mol. The highest BCUT2D eigenvalue weighted by Gasteiger charge is 2.35. The van der Waals surface area contributed by atoms with Gasteiger partial charge < -0.3 is 10.2 Å². The lowest BCUT2D eigenvalue weighted by molar-refractivity contribution is -0.140. The van der Waals surface area contributed by atoms with E-state index in [0.717, 1.165) is 15.4 Å². The van der Waals surface area contributed by atoms with Crippen LogP contribution in [0.2, 0.25) is 10.0 Å². The lowest BCUT2D eigenvalue weighted by Crippen LogP contribution is -2.53. The van der Waals surface area contributed by atoms with Crippen molar-refractivity contribution in [3.8, 4) is 0 Å². The van der Waals surface area contributed by atoms with Crippen LogP contribution in [0.4, 0.5) is 5.69 Å². The van der Waals surface area contributed by atoms with Crippen molar-refractivity contribution < 1.29 is 18.0 Å². The van der Waals surface area contributed by atoms with E-state index >= 15 is 0 Å². The number of sulfonamides is 1. The van der Waals surface area contributed by atoms with Crippen molar-refractivity contribution in [2.75, 3.05) is 17.4 Å². The van der Waals surface area contributed by atoms with Gasteiger partial charge in [-0.2, -0.15) is 0 Å². The molecule has 1 atom stereocenters. The van der Waals surface area contributed by atoms with Crippen molar-refractivity contribution >= 4 is 66.7 Å². The van der Waals surface area contributed by atoms with Gasteiger partial charge in [0, 0.05) is 39.6 Å². The van der Waals surface area contributed by atoms with Crippen molar-refractivity contribution in [2.45, 2.75) is 44.2 Å². The Morgan fingerprint density at radius 1 is 0.889 bits per heavy atom. The maximum atomic E-state index is 14.5. The fourth-order valence-corrected chi connectivity index (χ4v) is 7.08. The van der Waals surface area contributed by atoms with E-state index < -0.39 is 28.5 Å². The first-order chi connectivity index (χ1) is 21.5. The molecule has 45 heavy (non-hydrogen) atoms. The second-order valence-corrected chi connectivity index (χ2v) is 14.1. The molecule has 0 saturated carbocycles. The maximum absolute atomic E-state index is 14.5. The van der Waals surface area contributed by atoms with E-state index in [1.54, 1.807) is 54.6 Å². The average Bonchev–Trinajstić information content (AvgIpc) is 3.02. The molecule has 0 aromatic heterocycles. The molecule has 0 heterocycles. The second kappa shape index (κ2) is 15.8. The van der Waals surface area contributed by atoms with E-state index in [0.29, 0.717) is 33.0 Å². The number of nitrogens with zero attached hydrogens (tertiary/aromatic N) is 2. The van der Waals surface area contributed by atoms with E-state index in [2.05, 4.69) is 21.2 Å². The number of carbonyl (C=O) groups is 2. The molecule has 0 aliphatic rings. The third-order valence-corrected chi connectivity index (χ3v) is 10.2. The molecule has 0 bridgehead atoms. The number of anilines is 1. The molecule has 0 radical (unpaired) electrons. The third kappa shape index (κ3) is 8.88. The first kappa shape index (κ1) is 34.5. The SMILES string of the molecule is CCCNC(=O)C(Cc1ccccc1)N(Cc1c(Cl)cccc1Cl)C(=O)CN(c1cccc(Br)c1)S(=O)(=O)c1ccc(C)cc1. The summed E-state index contributed by atoms with van der Waals surface area (Å²) in [4.78, 5) is 29.7. The minimum absolute atomic E-state index is 0.0306. The topological polar surface area (TPSA) is 86.8 Å². The number of benzene rings is 4. The summed E-state index contributed by atoms with van der Waals surface area (Å²) in [6.07, 6.45) is 0.880. The van der Waals surface area contributed by atoms with Gasteiger partial charge in [0.1, 0.15) is 12.6 Å². The molecule has 11 heteroatoms. The monoisotopic (exact) mass is 729 g/mol. The first-order valence-electron chi connectivity index (χ1n) is 14.4. The standard InChI is InChI=1S/C34H34BrCl2N3O4S/c1-3-19-38-34(42)32(20-25-9-5-4-6-10-25)39(22-29-30(36)13-8-14-31(29)37)33(41)23-40(27-12-7-11-26(35)21-27)45(43,44)28-17-15-24(2)16-18-28/h4-18,21,32H,3,19-20,22-23H2,1-2H3,(H,38,42). The molecule has 7 nitrogen and oxygen atoms in total. The lowest BCUT2D eigenvalue weighted by atomic mass is 10.0. The number of aryl methyl sites for hydroxylation is 1. The smallest absolute Gasteiger partial charge is 0.264 e. The lowest BCUT2D eigenvalue weighted by Gasteiger charge is -2.34. The van der Waals surface area contributed by atoms with Crippen LogP contribution in [0.15, 0.2) is 106 Å². The summed E-state index contributed by atoms with van der Waals surface area (Å²) < 4.78 is 30.0. The van der Waals surface area contributed by atoms with Crippen molar-refractivity contribution in [1.29, 1.82) is 0 Å². The highest BCUT2D eigenvalue weighted by atomic mass is 79.9. The largest absolute Gasteiger partial charge is 0.354 e. The Balaban J connectivity index is 1.83. The summed E-state index contributed by atoms with van der Waals surface area (Å²) in [6, 6.07) is 26.5. The van der Waals surface area contributed by atoms with Crippen molar-refractivity contribution in [3.63, 3.8) is 0 Å². The summed E-state index contributed by atoms with van der Waals surface area (Å²) in [5, 5.41) is 3.57. The molecule has 4 aromatic rings. The zero-order chi connectivity index (χ0) is 32.6. The molecule has 0 aliphatic heterocycles. The highest BCUT2D eigenvalue weighted by Crippen LogP contribution is 2.30. The molecule has 0 saturated heterocycles. The van der Waals surface area contributed by atoms with Crippen molar-refractivity contribution in [3.05, 3.63) is 128 Å². The summed E-state index contributed by atoms with van der Waals surface area (Å²) >= 11 is 16.5. The normalized spacial score (nSPS) is 11.9. The minimum Gasteiger partial charge on any atom is -0.354 e. The number of rotatable bonds is 13. The van der Waals surface area contributed by atoms with Crippen LogP contribution in [0.5, 0.6) is 0 Å². The van der Waals surface area contributed by atoms with Crippen LogP contribution in [0.1, 0.15) is 30.0 Å². The Morgan fingerprint density at radius 2 is 1.53 bits per heavy atom. The van der Waals surface area contributed by atoms with Gasteiger partial charge in [-0.15, -0.1) is 0 Å².